The largest absolute Gasteiger partial charge is 0.480 e. The number of rotatable bonds is 2. The third-order valence-electron chi connectivity index (χ3n) is 3.32. The quantitative estimate of drug-likeness (QED) is 0.856. The molecule has 2 amide bonds. The highest BCUT2D eigenvalue weighted by Crippen LogP contribution is 2.25. The van der Waals surface area contributed by atoms with Crippen LogP contribution in [0.2, 0.25) is 0 Å². The zero-order valence-electron chi connectivity index (χ0n) is 10.9. The van der Waals surface area contributed by atoms with E-state index >= 15 is 0 Å². The number of hydrogen-bond donors (Lipinski definition) is 2. The van der Waals surface area contributed by atoms with Crippen molar-refractivity contribution in [1.29, 1.82) is 0 Å². The normalized spacial score (nSPS) is 16.2. The Morgan fingerprint density at radius 1 is 1.32 bits per heavy atom. The number of aliphatic carboxylic acids is 1. The number of anilines is 1. The zero-order chi connectivity index (χ0) is 13.8. The second-order valence-electron chi connectivity index (χ2n) is 4.75. The first kappa shape index (κ1) is 13.4. The van der Waals surface area contributed by atoms with Gasteiger partial charge in [0.15, 0.2) is 0 Å². The SMILES string of the molecule is CC(NC(=O)N1CCCCc2ccccc21)C(=O)O. The molecule has 102 valence electrons. The van der Waals surface area contributed by atoms with Gasteiger partial charge in [0.1, 0.15) is 6.04 Å². The van der Waals surface area contributed by atoms with E-state index in [1.165, 1.54) is 6.92 Å². The van der Waals surface area contributed by atoms with Crippen molar-refractivity contribution in [2.75, 3.05) is 11.4 Å². The predicted octanol–water partition coefficient (Wildman–Crippen LogP) is 2.01. The van der Waals surface area contributed by atoms with Gasteiger partial charge in [-0.05, 0) is 37.8 Å². The van der Waals surface area contributed by atoms with E-state index in [-0.39, 0.29) is 6.03 Å². The molecular formula is C14H18N2O3. The summed E-state index contributed by atoms with van der Waals surface area (Å²) in [5.41, 5.74) is 2.02. The van der Waals surface area contributed by atoms with Crippen molar-refractivity contribution in [2.45, 2.75) is 32.2 Å². The van der Waals surface area contributed by atoms with E-state index in [0.717, 1.165) is 30.5 Å². The monoisotopic (exact) mass is 262 g/mol. The minimum absolute atomic E-state index is 0.343. The van der Waals surface area contributed by atoms with E-state index in [1.807, 2.05) is 24.3 Å². The number of aryl methyl sites for hydroxylation is 1. The second kappa shape index (κ2) is 5.73. The van der Waals surface area contributed by atoms with Gasteiger partial charge in [-0.2, -0.15) is 0 Å². The van der Waals surface area contributed by atoms with Gasteiger partial charge < -0.3 is 10.4 Å². The van der Waals surface area contributed by atoms with Gasteiger partial charge in [-0.1, -0.05) is 18.2 Å². The van der Waals surface area contributed by atoms with Crippen molar-refractivity contribution >= 4 is 17.7 Å². The number of nitrogens with one attached hydrogen (secondary N) is 1. The van der Waals surface area contributed by atoms with Crippen LogP contribution in [0.1, 0.15) is 25.3 Å². The van der Waals surface area contributed by atoms with Gasteiger partial charge in [0, 0.05) is 12.2 Å². The van der Waals surface area contributed by atoms with Crippen molar-refractivity contribution in [3.63, 3.8) is 0 Å². The summed E-state index contributed by atoms with van der Waals surface area (Å²) in [4.78, 5) is 24.6. The van der Waals surface area contributed by atoms with Crippen molar-refractivity contribution in [2.24, 2.45) is 0 Å². The number of urea groups is 1. The molecule has 19 heavy (non-hydrogen) atoms. The van der Waals surface area contributed by atoms with Gasteiger partial charge in [0.05, 0.1) is 0 Å². The van der Waals surface area contributed by atoms with Gasteiger partial charge in [-0.3, -0.25) is 9.69 Å². The number of amides is 2. The number of carboxylic acid groups (broad SMARTS) is 1. The molecule has 1 heterocycles. The van der Waals surface area contributed by atoms with Crippen LogP contribution in [0.25, 0.3) is 0 Å². The molecule has 2 rings (SSSR count). The molecule has 1 unspecified atom stereocenters. The second-order valence-corrected chi connectivity index (χ2v) is 4.75. The highest BCUT2D eigenvalue weighted by Gasteiger charge is 2.23. The summed E-state index contributed by atoms with van der Waals surface area (Å²) in [5, 5.41) is 11.4. The van der Waals surface area contributed by atoms with Crippen LogP contribution in [0.5, 0.6) is 0 Å². The highest BCUT2D eigenvalue weighted by molar-refractivity contribution is 5.95. The molecule has 5 nitrogen and oxygen atoms in total. The van der Waals surface area contributed by atoms with E-state index in [1.54, 1.807) is 4.90 Å². The maximum atomic E-state index is 12.2. The van der Waals surface area contributed by atoms with Gasteiger partial charge in [0.2, 0.25) is 0 Å². The molecule has 1 atom stereocenters. The summed E-state index contributed by atoms with van der Waals surface area (Å²) >= 11 is 0. The maximum absolute atomic E-state index is 12.2. The van der Waals surface area contributed by atoms with Crippen LogP contribution in [0, 0.1) is 0 Å². The molecule has 5 heteroatoms. The number of para-hydroxylation sites is 1. The van der Waals surface area contributed by atoms with Crippen molar-refractivity contribution < 1.29 is 14.7 Å². The molecule has 1 aromatic rings. The van der Waals surface area contributed by atoms with Crippen LogP contribution in [-0.4, -0.2) is 29.7 Å². The molecule has 0 fully saturated rings. The summed E-state index contributed by atoms with van der Waals surface area (Å²) in [5.74, 6) is -1.03. The van der Waals surface area contributed by atoms with Crippen molar-refractivity contribution in [1.82, 2.24) is 5.32 Å². The number of carbonyl (C=O) groups excluding carboxylic acids is 1. The molecular weight excluding hydrogens is 244 g/mol. The molecule has 1 aromatic carbocycles. The first-order valence-corrected chi connectivity index (χ1v) is 6.48. The fraction of sp³-hybridized carbons (Fsp3) is 0.429. The number of hydrogen-bond acceptors (Lipinski definition) is 2. The molecule has 1 aliphatic rings. The Kier molecular flexibility index (Phi) is 4.04. The Hall–Kier alpha value is -2.04. The molecule has 0 saturated carbocycles. The Morgan fingerprint density at radius 3 is 2.79 bits per heavy atom. The first-order valence-electron chi connectivity index (χ1n) is 6.48. The van der Waals surface area contributed by atoms with Crippen LogP contribution in [0.15, 0.2) is 24.3 Å². The molecule has 0 spiro atoms. The Bertz CT molecular complexity index is 487. The standard InChI is InChI=1S/C14H18N2O3/c1-10(13(17)18)15-14(19)16-9-5-4-7-11-6-2-3-8-12(11)16/h2-3,6,8,10H,4-5,7,9H2,1H3,(H,15,19)(H,17,18). The molecule has 0 aliphatic carbocycles. The number of fused-ring (bicyclic) bond motifs is 1. The minimum Gasteiger partial charge on any atom is -0.480 e. The number of carbonyl (C=O) groups is 2. The first-order chi connectivity index (χ1) is 9.09. The smallest absolute Gasteiger partial charge is 0.325 e. The molecule has 2 N–H and O–H groups in total. The van der Waals surface area contributed by atoms with Crippen LogP contribution < -0.4 is 10.2 Å². The van der Waals surface area contributed by atoms with Gasteiger partial charge >= 0.3 is 12.0 Å². The van der Waals surface area contributed by atoms with E-state index in [0.29, 0.717) is 6.54 Å². The lowest BCUT2D eigenvalue weighted by Gasteiger charge is -2.24. The fourth-order valence-corrected chi connectivity index (χ4v) is 2.23. The van der Waals surface area contributed by atoms with Gasteiger partial charge in [-0.15, -0.1) is 0 Å². The predicted molar refractivity (Wildman–Crippen MR) is 72.4 cm³/mol. The van der Waals surface area contributed by atoms with Crippen LogP contribution in [-0.2, 0) is 11.2 Å². The van der Waals surface area contributed by atoms with E-state index in [2.05, 4.69) is 5.32 Å². The van der Waals surface area contributed by atoms with Crippen LogP contribution >= 0.6 is 0 Å². The van der Waals surface area contributed by atoms with Gasteiger partial charge in [-0.25, -0.2) is 4.79 Å². The lowest BCUT2D eigenvalue weighted by atomic mass is 10.1. The van der Waals surface area contributed by atoms with Gasteiger partial charge in [0.25, 0.3) is 0 Å². The Balaban J connectivity index is 2.19. The van der Waals surface area contributed by atoms with E-state index < -0.39 is 12.0 Å². The number of nitrogens with zero attached hydrogens (tertiary/aromatic N) is 1. The number of benzene rings is 1. The van der Waals surface area contributed by atoms with Crippen LogP contribution in [0.3, 0.4) is 0 Å². The molecule has 0 radical (unpaired) electrons. The fourth-order valence-electron chi connectivity index (χ4n) is 2.23. The average molecular weight is 262 g/mol. The van der Waals surface area contributed by atoms with Crippen molar-refractivity contribution in [3.8, 4) is 0 Å². The molecule has 1 aliphatic heterocycles. The topological polar surface area (TPSA) is 69.6 Å². The third-order valence-corrected chi connectivity index (χ3v) is 3.32. The third kappa shape index (κ3) is 3.05. The minimum atomic E-state index is -1.03. The average Bonchev–Trinajstić information content (AvgIpc) is 2.60. The van der Waals surface area contributed by atoms with Crippen molar-refractivity contribution in [3.05, 3.63) is 29.8 Å². The molecule has 0 saturated heterocycles. The summed E-state index contributed by atoms with van der Waals surface area (Å²) in [6.07, 6.45) is 2.91. The maximum Gasteiger partial charge on any atom is 0.325 e. The zero-order valence-corrected chi connectivity index (χ0v) is 10.9. The highest BCUT2D eigenvalue weighted by atomic mass is 16.4. The summed E-state index contributed by atoms with van der Waals surface area (Å²) in [7, 11) is 0. The molecule has 0 bridgehead atoms. The molecule has 0 aromatic heterocycles. The summed E-state index contributed by atoms with van der Waals surface area (Å²) in [6.45, 7) is 2.08. The van der Waals surface area contributed by atoms with E-state index in [9.17, 15) is 9.59 Å². The lowest BCUT2D eigenvalue weighted by molar-refractivity contribution is -0.138. The Morgan fingerprint density at radius 2 is 2.05 bits per heavy atom. The number of carboxylic acids is 1. The lowest BCUT2D eigenvalue weighted by Crippen LogP contribution is -2.47. The summed E-state index contributed by atoms with van der Waals surface area (Å²) < 4.78 is 0. The summed E-state index contributed by atoms with van der Waals surface area (Å²) in [6, 6.07) is 6.55. The van der Waals surface area contributed by atoms with E-state index in [4.69, 9.17) is 5.11 Å². The van der Waals surface area contributed by atoms with Crippen LogP contribution in [0.4, 0.5) is 10.5 Å². The Labute approximate surface area is 112 Å².